The zero-order valence-electron chi connectivity index (χ0n) is 15.4. The molecule has 0 aliphatic carbocycles. The maximum absolute atomic E-state index is 4.73. The topological polar surface area (TPSA) is 53.9 Å². The van der Waals surface area contributed by atoms with Gasteiger partial charge in [-0.25, -0.2) is 9.97 Å². The Bertz CT molecular complexity index is 883. The Labute approximate surface area is 154 Å². The summed E-state index contributed by atoms with van der Waals surface area (Å²) in [5.74, 6) is 1.44. The van der Waals surface area contributed by atoms with Crippen LogP contribution in [-0.4, -0.2) is 46.5 Å². The predicted octanol–water partition coefficient (Wildman–Crippen LogP) is 3.93. The third-order valence-electron chi connectivity index (χ3n) is 5.41. The average Bonchev–Trinajstić information content (AvgIpc) is 2.73. The van der Waals surface area contributed by atoms with Gasteiger partial charge in [-0.3, -0.25) is 4.98 Å². The number of anilines is 1. The molecule has 1 aliphatic rings. The molecule has 2 aromatic heterocycles. The third-order valence-corrected chi connectivity index (χ3v) is 5.41. The normalized spacial score (nSPS) is 16.1. The van der Waals surface area contributed by atoms with Crippen LogP contribution in [0.5, 0.6) is 0 Å². The van der Waals surface area contributed by atoms with Crippen LogP contribution < -0.4 is 5.32 Å². The second-order valence-electron chi connectivity index (χ2n) is 6.86. The number of rotatable bonds is 4. The smallest absolute Gasteiger partial charge is 0.154 e. The molecule has 1 fully saturated rings. The first-order chi connectivity index (χ1) is 12.8. The Morgan fingerprint density at radius 2 is 1.81 bits per heavy atom. The second kappa shape index (κ2) is 7.38. The Morgan fingerprint density at radius 1 is 1.08 bits per heavy atom. The van der Waals surface area contributed by atoms with Gasteiger partial charge in [0, 0.05) is 25.0 Å². The van der Waals surface area contributed by atoms with E-state index in [1.165, 1.54) is 31.5 Å². The molecule has 3 aromatic rings. The van der Waals surface area contributed by atoms with Crippen LogP contribution in [0.3, 0.4) is 0 Å². The number of benzene rings is 1. The number of pyridine rings is 1. The monoisotopic (exact) mass is 347 g/mol. The van der Waals surface area contributed by atoms with Crippen LogP contribution in [0.25, 0.3) is 22.3 Å². The second-order valence-corrected chi connectivity index (χ2v) is 6.86. The fraction of sp³-hybridized carbons (Fsp3) is 0.381. The fourth-order valence-electron chi connectivity index (χ4n) is 3.80. The minimum absolute atomic E-state index is 0.676. The van der Waals surface area contributed by atoms with Crippen molar-refractivity contribution in [3.63, 3.8) is 0 Å². The molecule has 3 heterocycles. The minimum atomic E-state index is 0.676. The van der Waals surface area contributed by atoms with Gasteiger partial charge < -0.3 is 10.2 Å². The molecule has 5 heteroatoms. The van der Waals surface area contributed by atoms with E-state index in [0.717, 1.165) is 34.7 Å². The molecule has 4 rings (SSSR count). The van der Waals surface area contributed by atoms with Crippen molar-refractivity contribution < 1.29 is 0 Å². The van der Waals surface area contributed by atoms with Crippen LogP contribution in [0.15, 0.2) is 42.7 Å². The van der Waals surface area contributed by atoms with E-state index < -0.39 is 0 Å². The predicted molar refractivity (Wildman–Crippen MR) is 106 cm³/mol. The van der Waals surface area contributed by atoms with Crippen LogP contribution >= 0.6 is 0 Å². The first kappa shape index (κ1) is 16.9. The van der Waals surface area contributed by atoms with E-state index in [-0.39, 0.29) is 0 Å². The molecule has 134 valence electrons. The van der Waals surface area contributed by atoms with E-state index in [0.29, 0.717) is 5.92 Å². The molecule has 0 radical (unpaired) electrons. The lowest BCUT2D eigenvalue weighted by Gasteiger charge is -2.31. The number of hydrogen-bond acceptors (Lipinski definition) is 5. The van der Waals surface area contributed by atoms with Crippen molar-refractivity contribution in [3.05, 3.63) is 48.3 Å². The summed E-state index contributed by atoms with van der Waals surface area (Å²) in [7, 11) is 1.87. The van der Waals surface area contributed by atoms with Gasteiger partial charge in [0.25, 0.3) is 0 Å². The highest BCUT2D eigenvalue weighted by atomic mass is 15.1. The molecule has 0 amide bonds. The Morgan fingerprint density at radius 3 is 2.50 bits per heavy atom. The molecule has 1 aromatic carbocycles. The SMILES string of the molecule is CCN1CCC(c2ccc(-c3cc4nccnc4c(NC)n3)cc2)CC1. The summed E-state index contributed by atoms with van der Waals surface area (Å²) in [6.45, 7) is 5.82. The number of fused-ring (bicyclic) bond motifs is 1. The van der Waals surface area contributed by atoms with Gasteiger partial charge in [0.1, 0.15) is 5.52 Å². The number of nitrogens with zero attached hydrogens (tertiary/aromatic N) is 4. The molecule has 1 saturated heterocycles. The van der Waals surface area contributed by atoms with Crippen LogP contribution in [0.2, 0.25) is 0 Å². The van der Waals surface area contributed by atoms with Crippen molar-refractivity contribution >= 4 is 16.9 Å². The molecule has 0 spiro atoms. The summed E-state index contributed by atoms with van der Waals surface area (Å²) in [5, 5.41) is 3.13. The lowest BCUT2D eigenvalue weighted by Crippen LogP contribution is -2.32. The maximum Gasteiger partial charge on any atom is 0.154 e. The van der Waals surface area contributed by atoms with Crippen molar-refractivity contribution in [2.45, 2.75) is 25.7 Å². The lowest BCUT2D eigenvalue weighted by atomic mass is 9.89. The molecule has 26 heavy (non-hydrogen) atoms. The van der Waals surface area contributed by atoms with Crippen LogP contribution in [0, 0.1) is 0 Å². The van der Waals surface area contributed by atoms with Gasteiger partial charge in [-0.2, -0.15) is 0 Å². The zero-order chi connectivity index (χ0) is 17.9. The summed E-state index contributed by atoms with van der Waals surface area (Å²) in [6, 6.07) is 10.9. The van der Waals surface area contributed by atoms with E-state index in [1.807, 2.05) is 13.1 Å². The number of likely N-dealkylation sites (tertiary alicyclic amines) is 1. The van der Waals surface area contributed by atoms with Crippen molar-refractivity contribution in [1.82, 2.24) is 19.9 Å². The van der Waals surface area contributed by atoms with E-state index >= 15 is 0 Å². The van der Waals surface area contributed by atoms with Crippen molar-refractivity contribution in [1.29, 1.82) is 0 Å². The third kappa shape index (κ3) is 3.27. The van der Waals surface area contributed by atoms with E-state index in [1.54, 1.807) is 12.4 Å². The largest absolute Gasteiger partial charge is 0.371 e. The highest BCUT2D eigenvalue weighted by molar-refractivity contribution is 5.88. The molecule has 0 atom stereocenters. The summed E-state index contributed by atoms with van der Waals surface area (Å²) >= 11 is 0. The van der Waals surface area contributed by atoms with E-state index in [4.69, 9.17) is 4.98 Å². The van der Waals surface area contributed by atoms with Gasteiger partial charge >= 0.3 is 0 Å². The number of hydrogen-bond donors (Lipinski definition) is 1. The van der Waals surface area contributed by atoms with Gasteiger partial charge in [-0.15, -0.1) is 0 Å². The molecular weight excluding hydrogens is 322 g/mol. The highest BCUT2D eigenvalue weighted by Gasteiger charge is 2.19. The zero-order valence-corrected chi connectivity index (χ0v) is 15.4. The van der Waals surface area contributed by atoms with Crippen molar-refractivity contribution in [2.24, 2.45) is 0 Å². The molecule has 0 bridgehead atoms. The van der Waals surface area contributed by atoms with Gasteiger partial charge in [-0.1, -0.05) is 31.2 Å². The summed E-state index contributed by atoms with van der Waals surface area (Å²) in [5.41, 5.74) is 5.15. The first-order valence-corrected chi connectivity index (χ1v) is 9.40. The summed E-state index contributed by atoms with van der Waals surface area (Å²) in [6.07, 6.45) is 5.92. The van der Waals surface area contributed by atoms with Crippen LogP contribution in [0.1, 0.15) is 31.2 Å². The molecule has 0 saturated carbocycles. The molecule has 1 N–H and O–H groups in total. The summed E-state index contributed by atoms with van der Waals surface area (Å²) < 4.78 is 0. The van der Waals surface area contributed by atoms with E-state index in [9.17, 15) is 0 Å². The molecule has 0 unspecified atom stereocenters. The highest BCUT2D eigenvalue weighted by Crippen LogP contribution is 2.30. The van der Waals surface area contributed by atoms with Crippen molar-refractivity contribution in [2.75, 3.05) is 32.0 Å². The molecule has 1 aliphatic heterocycles. The Kier molecular flexibility index (Phi) is 4.80. The standard InChI is InChI=1S/C21H25N5/c1-3-26-12-8-16(9-13-26)15-4-6-17(7-5-15)18-14-19-20(21(22-2)25-18)24-11-10-23-19/h4-7,10-11,14,16H,3,8-9,12-13H2,1-2H3,(H,22,25). The van der Waals surface area contributed by atoms with E-state index in [2.05, 4.69) is 51.4 Å². The Hall–Kier alpha value is -2.53. The average molecular weight is 347 g/mol. The first-order valence-electron chi connectivity index (χ1n) is 9.40. The van der Waals surface area contributed by atoms with Crippen LogP contribution in [-0.2, 0) is 0 Å². The maximum atomic E-state index is 4.73. The number of piperidine rings is 1. The summed E-state index contributed by atoms with van der Waals surface area (Å²) in [4.78, 5) is 16.1. The molecule has 5 nitrogen and oxygen atoms in total. The van der Waals surface area contributed by atoms with Gasteiger partial charge in [0.15, 0.2) is 5.82 Å². The number of aromatic nitrogens is 3. The van der Waals surface area contributed by atoms with Gasteiger partial charge in [0.2, 0.25) is 0 Å². The number of nitrogens with one attached hydrogen (secondary N) is 1. The van der Waals surface area contributed by atoms with Crippen LogP contribution in [0.4, 0.5) is 5.82 Å². The van der Waals surface area contributed by atoms with Gasteiger partial charge in [-0.05, 0) is 50.0 Å². The lowest BCUT2D eigenvalue weighted by molar-refractivity contribution is 0.222. The fourth-order valence-corrected chi connectivity index (χ4v) is 3.80. The molecular formula is C21H25N5. The minimum Gasteiger partial charge on any atom is -0.371 e. The quantitative estimate of drug-likeness (QED) is 0.775. The Balaban J connectivity index is 1.60. The van der Waals surface area contributed by atoms with Gasteiger partial charge in [0.05, 0.1) is 11.2 Å². The van der Waals surface area contributed by atoms with Crippen molar-refractivity contribution in [3.8, 4) is 11.3 Å².